The first-order chi connectivity index (χ1) is 16.2. The lowest BCUT2D eigenvalue weighted by molar-refractivity contribution is -0.128. The van der Waals surface area contributed by atoms with E-state index in [1.165, 1.54) is 39.5 Å². The first kappa shape index (κ1) is 22.3. The molecule has 0 aromatic heterocycles. The van der Waals surface area contributed by atoms with E-state index in [2.05, 4.69) is 85.4 Å². The van der Waals surface area contributed by atoms with Gasteiger partial charge in [-0.3, -0.25) is 0 Å². The number of hydrogen-bond donors (Lipinski definition) is 0. The molecule has 0 radical (unpaired) electrons. The van der Waals surface area contributed by atoms with Crippen molar-refractivity contribution in [1.29, 1.82) is 0 Å². The Morgan fingerprint density at radius 3 is 1.42 bits per heavy atom. The molecule has 4 aromatic carbocycles. The Morgan fingerprint density at radius 2 is 0.970 bits per heavy atom. The minimum atomic E-state index is -0.439. The molecule has 0 atom stereocenters. The topological polar surface area (TPSA) is 26.3 Å². The summed E-state index contributed by atoms with van der Waals surface area (Å²) in [6.07, 6.45) is 4.99. The first-order valence-electron chi connectivity index (χ1n) is 11.3. The van der Waals surface area contributed by atoms with Crippen molar-refractivity contribution < 1.29 is 9.53 Å². The number of ether oxygens (including phenoxy) is 1. The van der Waals surface area contributed by atoms with Crippen molar-refractivity contribution in [3.63, 3.8) is 0 Å². The summed E-state index contributed by atoms with van der Waals surface area (Å²) in [5.41, 5.74) is 7.87. The molecule has 0 saturated heterocycles. The number of benzene rings is 4. The van der Waals surface area contributed by atoms with Crippen LogP contribution in [0.3, 0.4) is 0 Å². The summed E-state index contributed by atoms with van der Waals surface area (Å²) in [6.45, 7) is 3.41. The number of hydrogen-bond acceptors (Lipinski definition) is 2. The van der Waals surface area contributed by atoms with Gasteiger partial charge in [-0.1, -0.05) is 97.6 Å². The van der Waals surface area contributed by atoms with Gasteiger partial charge < -0.3 is 4.74 Å². The SMILES string of the molecule is C=CC(=O)Oc1ccc(CCc2ccc(Cc3ccc(Cc4ccccc4)cc3)cc2)cc1. The lowest BCUT2D eigenvalue weighted by Crippen LogP contribution is -2.03. The van der Waals surface area contributed by atoms with Gasteiger partial charge in [0.1, 0.15) is 5.75 Å². The van der Waals surface area contributed by atoms with Gasteiger partial charge in [0.15, 0.2) is 0 Å². The Morgan fingerprint density at radius 1 is 0.576 bits per heavy atom. The molecule has 0 aliphatic carbocycles. The molecule has 0 fully saturated rings. The smallest absolute Gasteiger partial charge is 0.335 e. The fraction of sp³-hybridized carbons (Fsp3) is 0.129. The summed E-state index contributed by atoms with van der Waals surface area (Å²) in [5.74, 6) is 0.104. The Kier molecular flexibility index (Phi) is 7.50. The van der Waals surface area contributed by atoms with E-state index in [4.69, 9.17) is 4.74 Å². The van der Waals surface area contributed by atoms with Crippen molar-refractivity contribution in [2.75, 3.05) is 0 Å². The van der Waals surface area contributed by atoms with Crippen molar-refractivity contribution in [3.8, 4) is 5.75 Å². The van der Waals surface area contributed by atoms with E-state index in [1.54, 1.807) is 0 Å². The second-order valence-electron chi connectivity index (χ2n) is 8.24. The van der Waals surface area contributed by atoms with Gasteiger partial charge in [0.2, 0.25) is 0 Å². The molecule has 0 heterocycles. The van der Waals surface area contributed by atoms with Crippen LogP contribution in [0.15, 0.2) is 116 Å². The summed E-state index contributed by atoms with van der Waals surface area (Å²) in [5, 5.41) is 0. The number of esters is 1. The summed E-state index contributed by atoms with van der Waals surface area (Å²) >= 11 is 0. The minimum absolute atomic E-state index is 0.439. The number of carbonyl (C=O) groups excluding carboxylic acids is 1. The first-order valence-corrected chi connectivity index (χ1v) is 11.3. The van der Waals surface area contributed by atoms with Crippen molar-refractivity contribution >= 4 is 5.97 Å². The highest BCUT2D eigenvalue weighted by Gasteiger charge is 2.03. The van der Waals surface area contributed by atoms with Gasteiger partial charge in [0.25, 0.3) is 0 Å². The predicted octanol–water partition coefficient (Wildman–Crippen LogP) is 6.74. The fourth-order valence-corrected chi connectivity index (χ4v) is 3.84. The Balaban J connectivity index is 1.27. The maximum Gasteiger partial charge on any atom is 0.335 e. The zero-order chi connectivity index (χ0) is 22.9. The van der Waals surface area contributed by atoms with Gasteiger partial charge in [-0.2, -0.15) is 0 Å². The molecule has 0 aliphatic rings. The van der Waals surface area contributed by atoms with E-state index in [0.717, 1.165) is 25.7 Å². The van der Waals surface area contributed by atoms with E-state index >= 15 is 0 Å². The van der Waals surface area contributed by atoms with Gasteiger partial charge in [-0.15, -0.1) is 0 Å². The van der Waals surface area contributed by atoms with Crippen LogP contribution in [0, 0.1) is 0 Å². The van der Waals surface area contributed by atoms with Crippen molar-refractivity contribution in [2.24, 2.45) is 0 Å². The van der Waals surface area contributed by atoms with Crippen molar-refractivity contribution in [3.05, 3.63) is 149 Å². The summed E-state index contributed by atoms with van der Waals surface area (Å²) in [6, 6.07) is 36.1. The molecule has 164 valence electrons. The highest BCUT2D eigenvalue weighted by molar-refractivity contribution is 5.83. The summed E-state index contributed by atoms with van der Waals surface area (Å²) < 4.78 is 5.12. The standard InChI is InChI=1S/C31H28O2/c1-2-31(32)33-30-20-18-25(19-21-30)9-8-24-10-12-27(13-11-24)23-29-16-14-28(15-17-29)22-26-6-4-3-5-7-26/h2-7,10-21H,1,8-9,22-23H2. The molecule has 4 rings (SSSR count). The number of carbonyl (C=O) groups is 1. The van der Waals surface area contributed by atoms with E-state index in [-0.39, 0.29) is 0 Å². The maximum absolute atomic E-state index is 11.3. The van der Waals surface area contributed by atoms with E-state index in [0.29, 0.717) is 5.75 Å². The molecule has 0 saturated carbocycles. The lowest BCUT2D eigenvalue weighted by atomic mass is 9.98. The molecular formula is C31H28O2. The minimum Gasteiger partial charge on any atom is -0.423 e. The van der Waals surface area contributed by atoms with Crippen LogP contribution in [-0.2, 0) is 30.5 Å². The zero-order valence-electron chi connectivity index (χ0n) is 18.7. The average molecular weight is 433 g/mol. The van der Waals surface area contributed by atoms with Crippen LogP contribution in [0.4, 0.5) is 0 Å². The maximum atomic E-state index is 11.3. The van der Waals surface area contributed by atoms with Gasteiger partial charge >= 0.3 is 5.97 Å². The fourth-order valence-electron chi connectivity index (χ4n) is 3.84. The molecule has 0 N–H and O–H groups in total. The second kappa shape index (κ2) is 11.1. The largest absolute Gasteiger partial charge is 0.423 e. The van der Waals surface area contributed by atoms with Crippen LogP contribution in [0.5, 0.6) is 5.75 Å². The van der Waals surface area contributed by atoms with Gasteiger partial charge in [-0.25, -0.2) is 4.79 Å². The third-order valence-corrected chi connectivity index (χ3v) is 5.72. The quantitative estimate of drug-likeness (QED) is 0.166. The van der Waals surface area contributed by atoms with Crippen LogP contribution in [0.25, 0.3) is 0 Å². The third kappa shape index (κ3) is 6.78. The number of aryl methyl sites for hydroxylation is 2. The normalized spacial score (nSPS) is 10.5. The molecule has 0 spiro atoms. The molecule has 33 heavy (non-hydrogen) atoms. The van der Waals surface area contributed by atoms with Crippen LogP contribution >= 0.6 is 0 Å². The van der Waals surface area contributed by atoms with Gasteiger partial charge in [-0.05, 0) is 71.2 Å². The zero-order valence-corrected chi connectivity index (χ0v) is 18.7. The van der Waals surface area contributed by atoms with Gasteiger partial charge in [0.05, 0.1) is 0 Å². The van der Waals surface area contributed by atoms with Crippen LogP contribution < -0.4 is 4.74 Å². The molecule has 2 nitrogen and oxygen atoms in total. The van der Waals surface area contributed by atoms with Crippen LogP contribution in [0.1, 0.15) is 33.4 Å². The monoisotopic (exact) mass is 432 g/mol. The molecule has 2 heteroatoms. The van der Waals surface area contributed by atoms with Crippen LogP contribution in [-0.4, -0.2) is 5.97 Å². The average Bonchev–Trinajstić information content (AvgIpc) is 2.86. The predicted molar refractivity (Wildman–Crippen MR) is 135 cm³/mol. The highest BCUT2D eigenvalue weighted by Crippen LogP contribution is 2.17. The molecule has 0 aliphatic heterocycles. The third-order valence-electron chi connectivity index (χ3n) is 5.72. The number of rotatable bonds is 9. The van der Waals surface area contributed by atoms with Crippen molar-refractivity contribution in [2.45, 2.75) is 25.7 Å². The van der Waals surface area contributed by atoms with E-state index in [1.807, 2.05) is 24.3 Å². The Bertz CT molecular complexity index is 1170. The van der Waals surface area contributed by atoms with Gasteiger partial charge in [0, 0.05) is 6.08 Å². The van der Waals surface area contributed by atoms with Crippen LogP contribution in [0.2, 0.25) is 0 Å². The molecule has 0 unspecified atom stereocenters. The highest BCUT2D eigenvalue weighted by atomic mass is 16.5. The molecule has 4 aromatic rings. The Labute approximate surface area is 196 Å². The lowest BCUT2D eigenvalue weighted by Gasteiger charge is -2.07. The summed E-state index contributed by atoms with van der Waals surface area (Å²) in [7, 11) is 0. The Hall–Kier alpha value is -3.91. The van der Waals surface area contributed by atoms with Crippen molar-refractivity contribution in [1.82, 2.24) is 0 Å². The molecule has 0 bridgehead atoms. The molecule has 0 amide bonds. The van der Waals surface area contributed by atoms with E-state index < -0.39 is 5.97 Å². The second-order valence-corrected chi connectivity index (χ2v) is 8.24. The van der Waals surface area contributed by atoms with E-state index in [9.17, 15) is 4.79 Å². The molecular weight excluding hydrogens is 404 g/mol. The summed E-state index contributed by atoms with van der Waals surface area (Å²) in [4.78, 5) is 11.3.